The van der Waals surface area contributed by atoms with E-state index in [2.05, 4.69) is 0 Å². The molecule has 0 heterocycles. The fourth-order valence-corrected chi connectivity index (χ4v) is 2.61. The number of ether oxygens (including phenoxy) is 1. The van der Waals surface area contributed by atoms with Crippen molar-refractivity contribution >= 4 is 28.9 Å². The monoisotopic (exact) mass is 355 g/mol. The molecule has 0 radical (unpaired) electrons. The fraction of sp³-hybridized carbons (Fsp3) is 0.250. The largest absolute Gasteiger partial charge is 0.508 e. The van der Waals surface area contributed by atoms with Crippen LogP contribution in [0.15, 0.2) is 30.3 Å². The zero-order chi connectivity index (χ0) is 17.4. The van der Waals surface area contributed by atoms with Gasteiger partial charge in [0.15, 0.2) is 5.75 Å². The summed E-state index contributed by atoms with van der Waals surface area (Å²) < 4.78 is 5.79. The van der Waals surface area contributed by atoms with Crippen molar-refractivity contribution < 1.29 is 14.8 Å². The number of nitro groups is 1. The Morgan fingerprint density at radius 3 is 2.17 bits per heavy atom. The standard InChI is InChI=1S/C16H15Cl2NO4/c1-16(2,3)11-8-10(20)4-5-14(11)23-15-12(17)6-9(19(21)22)7-13(15)18/h4-8,20H,1-3H3. The summed E-state index contributed by atoms with van der Waals surface area (Å²) in [5.74, 6) is 0.714. The Labute approximate surface area is 143 Å². The summed E-state index contributed by atoms with van der Waals surface area (Å²) in [6.45, 7) is 5.90. The summed E-state index contributed by atoms with van der Waals surface area (Å²) in [4.78, 5) is 10.2. The first-order valence-corrected chi connectivity index (χ1v) is 7.50. The molecule has 122 valence electrons. The third-order valence-corrected chi connectivity index (χ3v) is 3.74. The summed E-state index contributed by atoms with van der Waals surface area (Å²) in [5.41, 5.74) is 0.241. The van der Waals surface area contributed by atoms with Gasteiger partial charge in [0.25, 0.3) is 5.69 Å². The van der Waals surface area contributed by atoms with Gasteiger partial charge >= 0.3 is 0 Å². The summed E-state index contributed by atoms with van der Waals surface area (Å²) in [5, 5.41) is 20.6. The normalized spacial score (nSPS) is 11.3. The SMILES string of the molecule is CC(C)(C)c1cc(O)ccc1Oc1c(Cl)cc([N+](=O)[O-])cc1Cl. The molecule has 0 aliphatic heterocycles. The predicted molar refractivity (Wildman–Crippen MR) is 90.0 cm³/mol. The van der Waals surface area contributed by atoms with Crippen LogP contribution in [0.3, 0.4) is 0 Å². The summed E-state index contributed by atoms with van der Waals surface area (Å²) in [6, 6.07) is 7.05. The van der Waals surface area contributed by atoms with Crippen molar-refractivity contribution in [1.82, 2.24) is 0 Å². The second-order valence-electron chi connectivity index (χ2n) is 6.03. The maximum absolute atomic E-state index is 10.8. The molecule has 0 unspecified atom stereocenters. The first-order chi connectivity index (χ1) is 10.6. The third kappa shape index (κ3) is 3.86. The molecule has 7 heteroatoms. The van der Waals surface area contributed by atoms with Crippen molar-refractivity contribution in [2.45, 2.75) is 26.2 Å². The highest BCUT2D eigenvalue weighted by atomic mass is 35.5. The lowest BCUT2D eigenvalue weighted by Crippen LogP contribution is -2.12. The lowest BCUT2D eigenvalue weighted by Gasteiger charge is -2.23. The van der Waals surface area contributed by atoms with Gasteiger partial charge < -0.3 is 9.84 Å². The van der Waals surface area contributed by atoms with E-state index in [1.807, 2.05) is 20.8 Å². The van der Waals surface area contributed by atoms with E-state index in [4.69, 9.17) is 27.9 Å². The molecule has 23 heavy (non-hydrogen) atoms. The highest BCUT2D eigenvalue weighted by Crippen LogP contribution is 2.42. The maximum atomic E-state index is 10.8. The number of phenols is 1. The van der Waals surface area contributed by atoms with Gasteiger partial charge in [-0.05, 0) is 23.6 Å². The average Bonchev–Trinajstić information content (AvgIpc) is 2.42. The first kappa shape index (κ1) is 17.4. The number of phenolic OH excluding ortho intramolecular Hbond substituents is 1. The van der Waals surface area contributed by atoms with Crippen molar-refractivity contribution in [3.8, 4) is 17.2 Å². The van der Waals surface area contributed by atoms with Gasteiger partial charge in [0.2, 0.25) is 0 Å². The topological polar surface area (TPSA) is 72.6 Å². The molecule has 0 bridgehead atoms. The molecule has 1 N–H and O–H groups in total. The number of aromatic hydroxyl groups is 1. The molecule has 0 aliphatic rings. The van der Waals surface area contributed by atoms with Crippen LogP contribution in [0.4, 0.5) is 5.69 Å². The molecule has 0 aliphatic carbocycles. The number of non-ortho nitro benzene ring substituents is 1. The Hall–Kier alpha value is -1.98. The zero-order valence-electron chi connectivity index (χ0n) is 12.8. The molecule has 5 nitrogen and oxygen atoms in total. The van der Waals surface area contributed by atoms with Gasteiger partial charge in [0.1, 0.15) is 11.5 Å². The highest BCUT2D eigenvalue weighted by molar-refractivity contribution is 6.37. The van der Waals surface area contributed by atoms with Crippen LogP contribution in [0.25, 0.3) is 0 Å². The van der Waals surface area contributed by atoms with Crippen molar-refractivity contribution in [1.29, 1.82) is 0 Å². The number of halogens is 2. The highest BCUT2D eigenvalue weighted by Gasteiger charge is 2.22. The lowest BCUT2D eigenvalue weighted by molar-refractivity contribution is -0.384. The van der Waals surface area contributed by atoms with Crippen LogP contribution in [-0.4, -0.2) is 10.0 Å². The van der Waals surface area contributed by atoms with Gasteiger partial charge in [-0.3, -0.25) is 10.1 Å². The van der Waals surface area contributed by atoms with E-state index >= 15 is 0 Å². The van der Waals surface area contributed by atoms with E-state index in [0.29, 0.717) is 5.75 Å². The van der Waals surface area contributed by atoms with Gasteiger partial charge in [0, 0.05) is 17.7 Å². The molecule has 0 saturated heterocycles. The Morgan fingerprint density at radius 1 is 1.13 bits per heavy atom. The summed E-state index contributed by atoms with van der Waals surface area (Å²) >= 11 is 12.1. The van der Waals surface area contributed by atoms with E-state index in [1.165, 1.54) is 18.2 Å². The van der Waals surface area contributed by atoms with Crippen LogP contribution in [0.1, 0.15) is 26.3 Å². The minimum atomic E-state index is -0.581. The van der Waals surface area contributed by atoms with Crippen molar-refractivity contribution in [2.75, 3.05) is 0 Å². The van der Waals surface area contributed by atoms with Crippen LogP contribution >= 0.6 is 23.2 Å². The fourth-order valence-electron chi connectivity index (χ4n) is 2.05. The van der Waals surface area contributed by atoms with E-state index < -0.39 is 4.92 Å². The van der Waals surface area contributed by atoms with Gasteiger partial charge in [-0.1, -0.05) is 44.0 Å². The van der Waals surface area contributed by atoms with Crippen LogP contribution < -0.4 is 4.74 Å². The number of benzene rings is 2. The van der Waals surface area contributed by atoms with Crippen molar-refractivity contribution in [2.24, 2.45) is 0 Å². The van der Waals surface area contributed by atoms with E-state index in [0.717, 1.165) is 5.56 Å². The maximum Gasteiger partial charge on any atom is 0.272 e. The molecule has 0 saturated carbocycles. The number of nitrogens with zero attached hydrogens (tertiary/aromatic N) is 1. The van der Waals surface area contributed by atoms with Gasteiger partial charge in [-0.25, -0.2) is 0 Å². The number of hydrogen-bond donors (Lipinski definition) is 1. The molecule has 2 rings (SSSR count). The molecule has 0 amide bonds. The molecule has 0 fully saturated rings. The lowest BCUT2D eigenvalue weighted by atomic mass is 9.86. The van der Waals surface area contributed by atoms with Crippen LogP contribution in [0, 0.1) is 10.1 Å². The first-order valence-electron chi connectivity index (χ1n) is 6.74. The quantitative estimate of drug-likeness (QED) is 0.566. The number of nitro benzene ring substituents is 1. The van der Waals surface area contributed by atoms with Crippen LogP contribution in [-0.2, 0) is 5.41 Å². The van der Waals surface area contributed by atoms with Gasteiger partial charge in [0.05, 0.1) is 15.0 Å². The van der Waals surface area contributed by atoms with Crippen LogP contribution in [0.2, 0.25) is 10.0 Å². The number of hydrogen-bond acceptors (Lipinski definition) is 4. The summed E-state index contributed by atoms with van der Waals surface area (Å²) in [6.07, 6.45) is 0. The minimum Gasteiger partial charge on any atom is -0.508 e. The second kappa shape index (κ2) is 6.26. The Bertz CT molecular complexity index is 746. The number of rotatable bonds is 3. The van der Waals surface area contributed by atoms with Gasteiger partial charge in [-0.2, -0.15) is 0 Å². The van der Waals surface area contributed by atoms with E-state index in [1.54, 1.807) is 12.1 Å². The molecule has 2 aromatic carbocycles. The molecule has 0 spiro atoms. The molecular formula is C16H15Cl2NO4. The second-order valence-corrected chi connectivity index (χ2v) is 6.84. The molecular weight excluding hydrogens is 341 g/mol. The van der Waals surface area contributed by atoms with E-state index in [-0.39, 0.29) is 32.6 Å². The van der Waals surface area contributed by atoms with Crippen molar-refractivity contribution in [3.05, 3.63) is 56.1 Å². The van der Waals surface area contributed by atoms with Crippen molar-refractivity contribution in [3.63, 3.8) is 0 Å². The Morgan fingerprint density at radius 2 is 1.70 bits per heavy atom. The summed E-state index contributed by atoms with van der Waals surface area (Å²) in [7, 11) is 0. The molecule has 2 aromatic rings. The smallest absolute Gasteiger partial charge is 0.272 e. The van der Waals surface area contributed by atoms with Gasteiger partial charge in [-0.15, -0.1) is 0 Å². The average molecular weight is 356 g/mol. The van der Waals surface area contributed by atoms with E-state index in [9.17, 15) is 15.2 Å². The Balaban J connectivity index is 2.50. The predicted octanol–water partition coefficient (Wildman–Crippen LogP) is 5.70. The molecule has 0 aromatic heterocycles. The Kier molecular flexibility index (Phi) is 4.73. The van der Waals surface area contributed by atoms with Crippen LogP contribution in [0.5, 0.6) is 17.2 Å². The molecule has 0 atom stereocenters. The third-order valence-electron chi connectivity index (χ3n) is 3.18. The minimum absolute atomic E-state index is 0.0390. The zero-order valence-corrected chi connectivity index (χ0v) is 14.3.